The number of sulfone groups is 2. The predicted molar refractivity (Wildman–Crippen MR) is 180 cm³/mol. The zero-order chi connectivity index (χ0) is 38.9. The highest BCUT2D eigenvalue weighted by molar-refractivity contribution is 7.91. The van der Waals surface area contributed by atoms with Gasteiger partial charge in [0.1, 0.15) is 21.2 Å². The van der Waals surface area contributed by atoms with E-state index in [4.69, 9.17) is 15.4 Å². The average molecular weight is 824 g/mol. The number of rotatable bonds is 14. The maximum Gasteiger partial charge on any atom is 0.397 e. The quantitative estimate of drug-likeness (QED) is 0.0604. The average Bonchev–Trinajstić information content (AvgIpc) is 3.02. The molecule has 4 rings (SSSR count). The third kappa shape index (κ3) is 9.47. The number of aliphatic hydroxyl groups is 1. The summed E-state index contributed by atoms with van der Waals surface area (Å²) in [6, 6.07) is 10.1. The van der Waals surface area contributed by atoms with E-state index >= 15 is 0 Å². The summed E-state index contributed by atoms with van der Waals surface area (Å²) < 4.78 is 152. The van der Waals surface area contributed by atoms with Gasteiger partial charge in [-0.15, -0.1) is 10.2 Å². The number of aliphatic hydroxyl groups excluding tert-OH is 1. The number of nitrogens with two attached hydrogens (primary N) is 1. The molecule has 0 saturated carbocycles. The lowest BCUT2D eigenvalue weighted by Gasteiger charge is -2.14. The van der Waals surface area contributed by atoms with Crippen molar-refractivity contribution in [1.29, 1.82) is 0 Å². The summed E-state index contributed by atoms with van der Waals surface area (Å²) in [6.07, 6.45) is 0. The summed E-state index contributed by atoms with van der Waals surface area (Å²) >= 11 is 0. The van der Waals surface area contributed by atoms with E-state index < -0.39 is 118 Å². The largest absolute Gasteiger partial charge is 0.505 e. The lowest BCUT2D eigenvalue weighted by molar-refractivity contribution is 0.284. The van der Waals surface area contributed by atoms with Crippen LogP contribution in [0.5, 0.6) is 5.75 Å². The molecule has 4 aromatic carbocycles. The van der Waals surface area contributed by atoms with Crippen molar-refractivity contribution in [3.05, 3.63) is 60.7 Å². The van der Waals surface area contributed by atoms with E-state index in [1.165, 1.54) is 12.1 Å². The Balaban J connectivity index is 1.81. The molecule has 0 bridgehead atoms. The summed E-state index contributed by atoms with van der Waals surface area (Å²) in [4.78, 5) is -2.64. The number of hydrogen-bond acceptors (Lipinski definition) is 18. The van der Waals surface area contributed by atoms with Crippen LogP contribution in [0.15, 0.2) is 101 Å². The van der Waals surface area contributed by atoms with Crippen LogP contribution in [0.3, 0.4) is 0 Å². The molecule has 0 atom stereocenters. The van der Waals surface area contributed by atoms with E-state index in [1.54, 1.807) is 0 Å². The summed E-state index contributed by atoms with van der Waals surface area (Å²) in [5, 5.41) is 34.1. The number of phenolic OH excluding ortho intramolecular Hbond substituents is 1. The van der Waals surface area contributed by atoms with Crippen LogP contribution in [-0.4, -0.2) is 90.7 Å². The van der Waals surface area contributed by atoms with Crippen molar-refractivity contribution < 1.29 is 70.1 Å². The Morgan fingerprint density at radius 1 is 0.615 bits per heavy atom. The molecular formula is C26H25N5O16S5. The van der Waals surface area contributed by atoms with Gasteiger partial charge in [-0.3, -0.25) is 13.7 Å². The maximum atomic E-state index is 12.4. The molecule has 26 heteroatoms. The van der Waals surface area contributed by atoms with E-state index in [0.29, 0.717) is 12.1 Å². The smallest absolute Gasteiger partial charge is 0.397 e. The van der Waals surface area contributed by atoms with Crippen LogP contribution in [0.2, 0.25) is 0 Å². The Bertz CT molecular complexity index is 2670. The first kappa shape index (κ1) is 40.3. The van der Waals surface area contributed by atoms with Crippen LogP contribution in [0.4, 0.5) is 28.4 Å². The highest BCUT2D eigenvalue weighted by Gasteiger charge is 2.28. The van der Waals surface area contributed by atoms with E-state index in [0.717, 1.165) is 36.4 Å². The fourth-order valence-corrected chi connectivity index (χ4v) is 8.21. The molecule has 7 N–H and O–H groups in total. The Morgan fingerprint density at radius 2 is 1.04 bits per heavy atom. The second-order valence-corrected chi connectivity index (χ2v) is 18.3. The predicted octanol–water partition coefficient (Wildman–Crippen LogP) is 2.81. The Hall–Kier alpha value is -4.51. The summed E-state index contributed by atoms with van der Waals surface area (Å²) in [6.45, 7) is -1.53. The molecule has 0 radical (unpaired) electrons. The molecule has 0 aromatic heterocycles. The molecule has 0 saturated heterocycles. The molecule has 0 aliphatic rings. The van der Waals surface area contributed by atoms with Gasteiger partial charge in [-0.05, 0) is 66.0 Å². The highest BCUT2D eigenvalue weighted by Crippen LogP contribution is 2.48. The van der Waals surface area contributed by atoms with Crippen molar-refractivity contribution in [1.82, 2.24) is 0 Å². The molecule has 4 aromatic rings. The molecule has 0 spiro atoms. The van der Waals surface area contributed by atoms with E-state index in [9.17, 15) is 56.3 Å². The number of nitrogen functional groups attached to an aromatic ring is 1. The van der Waals surface area contributed by atoms with Crippen molar-refractivity contribution >= 4 is 89.5 Å². The second kappa shape index (κ2) is 14.8. The van der Waals surface area contributed by atoms with E-state index in [-0.39, 0.29) is 21.2 Å². The Kier molecular flexibility index (Phi) is 11.5. The van der Waals surface area contributed by atoms with Gasteiger partial charge in [-0.1, -0.05) is 0 Å². The minimum Gasteiger partial charge on any atom is -0.505 e. The minimum absolute atomic E-state index is 0.0468. The van der Waals surface area contributed by atoms with Crippen LogP contribution in [0, 0.1) is 0 Å². The van der Waals surface area contributed by atoms with Gasteiger partial charge >= 0.3 is 10.4 Å². The fraction of sp³-hybridized carbons (Fsp3) is 0.154. The number of phenols is 1. The topological polar surface area (TPSA) is 357 Å². The number of anilines is 1. The SMILES string of the molecule is Nc1c(N=Nc2ccc(S(=O)(=O)CCO)cc2)c(S(=O)(=O)O)cc2cc(S(=O)(=O)O)c(N=Nc3ccc(S(=O)(=O)CCOS(=O)(=O)O)cc3)c(O)c12. The molecule has 0 fully saturated rings. The molecule has 0 aliphatic heterocycles. The van der Waals surface area contributed by atoms with Crippen LogP contribution >= 0.6 is 0 Å². The molecule has 280 valence electrons. The van der Waals surface area contributed by atoms with Gasteiger partial charge in [0.25, 0.3) is 20.2 Å². The Morgan fingerprint density at radius 3 is 1.46 bits per heavy atom. The standard InChI is InChI=1S/C26H25N5O16S5/c27-23-22-15(13-20(50(38,39)40)24(23)30-28-16-1-5-18(6-2-16)48(34,35)11-9-32)14-21(51(41,42)43)25(26(22)33)31-29-17-3-7-19(8-4-17)49(36,37)12-10-47-52(44,45)46/h1-8,13-14,32-33H,9-12,27H2,(H,38,39,40)(H,41,42,43)(H,44,45,46). The van der Waals surface area contributed by atoms with Gasteiger partial charge < -0.3 is 15.9 Å². The van der Waals surface area contributed by atoms with E-state index in [2.05, 4.69) is 24.6 Å². The third-order valence-electron chi connectivity index (χ3n) is 6.74. The lowest BCUT2D eigenvalue weighted by atomic mass is 10.1. The second-order valence-electron chi connectivity index (χ2n) is 10.3. The van der Waals surface area contributed by atoms with Gasteiger partial charge in [0.2, 0.25) is 0 Å². The first-order chi connectivity index (χ1) is 23.9. The first-order valence-electron chi connectivity index (χ1n) is 13.7. The third-order valence-corrected chi connectivity index (χ3v) is 12.3. The van der Waals surface area contributed by atoms with Gasteiger partial charge in [0, 0.05) is 0 Å². The van der Waals surface area contributed by atoms with Crippen molar-refractivity contribution in [3.8, 4) is 5.75 Å². The molecule has 0 unspecified atom stereocenters. The number of nitrogens with zero attached hydrogens (tertiary/aromatic N) is 4. The van der Waals surface area contributed by atoms with Gasteiger partial charge in [0.05, 0.1) is 57.0 Å². The number of azo groups is 2. The zero-order valence-electron chi connectivity index (χ0n) is 25.7. The van der Waals surface area contributed by atoms with Crippen molar-refractivity contribution in [2.45, 2.75) is 19.6 Å². The van der Waals surface area contributed by atoms with Crippen molar-refractivity contribution in [3.63, 3.8) is 0 Å². The minimum atomic E-state index is -5.25. The number of aromatic hydroxyl groups is 1. The highest BCUT2D eigenvalue weighted by atomic mass is 32.3. The van der Waals surface area contributed by atoms with Crippen LogP contribution in [-0.2, 0) is 54.5 Å². The fourth-order valence-electron chi connectivity index (χ4n) is 4.36. The zero-order valence-corrected chi connectivity index (χ0v) is 29.8. The summed E-state index contributed by atoms with van der Waals surface area (Å²) in [5.41, 5.74) is 3.58. The van der Waals surface area contributed by atoms with Gasteiger partial charge in [-0.25, -0.2) is 21.0 Å². The van der Waals surface area contributed by atoms with Crippen LogP contribution < -0.4 is 5.73 Å². The van der Waals surface area contributed by atoms with Crippen molar-refractivity contribution in [2.75, 3.05) is 30.5 Å². The Labute approximate surface area is 295 Å². The maximum absolute atomic E-state index is 12.4. The molecule has 0 aliphatic carbocycles. The molecule has 21 nitrogen and oxygen atoms in total. The van der Waals surface area contributed by atoms with Gasteiger partial charge in [0.15, 0.2) is 25.4 Å². The number of fused-ring (bicyclic) bond motifs is 1. The van der Waals surface area contributed by atoms with Crippen molar-refractivity contribution in [2.24, 2.45) is 20.5 Å². The molecule has 0 amide bonds. The number of benzene rings is 4. The monoisotopic (exact) mass is 823 g/mol. The summed E-state index contributed by atoms with van der Waals surface area (Å²) in [5.74, 6) is -2.48. The van der Waals surface area contributed by atoms with E-state index in [1.807, 2.05) is 0 Å². The van der Waals surface area contributed by atoms with Crippen LogP contribution in [0.1, 0.15) is 0 Å². The van der Waals surface area contributed by atoms with Crippen LogP contribution in [0.25, 0.3) is 10.8 Å². The normalized spacial score (nSPS) is 13.4. The summed E-state index contributed by atoms with van der Waals surface area (Å²) in [7, 11) is -23.3. The first-order valence-corrected chi connectivity index (χ1v) is 21.3. The molecule has 52 heavy (non-hydrogen) atoms. The van der Waals surface area contributed by atoms with Gasteiger partial charge in [-0.2, -0.15) is 35.5 Å². The molecular weight excluding hydrogens is 799 g/mol. The lowest BCUT2D eigenvalue weighted by Crippen LogP contribution is -2.15. The number of hydrogen-bond donors (Lipinski definition) is 6. The molecule has 0 heterocycles.